The maximum Gasteiger partial charge on any atom is 3.00 e. The molecule has 1 radical (unpaired) electrons. The number of aliphatic carboxylic acids is 3. The second kappa shape index (κ2) is 69.3. The molecular formula is C60H111CeO6. The van der Waals surface area contributed by atoms with Gasteiger partial charge in [-0.15, -0.1) is 0 Å². The van der Waals surface area contributed by atoms with Crippen molar-refractivity contribution in [3.05, 3.63) is 36.5 Å². The van der Waals surface area contributed by atoms with Gasteiger partial charge in [0.05, 0.1) is 0 Å². The Labute approximate surface area is 451 Å². The molecule has 0 atom stereocenters. The summed E-state index contributed by atoms with van der Waals surface area (Å²) in [6.07, 6.45) is 71.5. The summed E-state index contributed by atoms with van der Waals surface area (Å²) in [6, 6.07) is 0. The van der Waals surface area contributed by atoms with E-state index >= 15 is 0 Å². The van der Waals surface area contributed by atoms with Crippen molar-refractivity contribution in [1.29, 1.82) is 0 Å². The molecule has 0 spiro atoms. The van der Waals surface area contributed by atoms with E-state index in [0.29, 0.717) is 0 Å². The van der Waals surface area contributed by atoms with Crippen LogP contribution >= 0.6 is 0 Å². The first-order valence-corrected chi connectivity index (χ1v) is 28.9. The zero-order valence-electron chi connectivity index (χ0n) is 44.9. The predicted octanol–water partition coefficient (Wildman–Crippen LogP) is 16.7. The van der Waals surface area contributed by atoms with Crippen LogP contribution in [-0.2, 0) is 14.4 Å². The molecule has 0 amide bonds. The summed E-state index contributed by atoms with van der Waals surface area (Å²) < 4.78 is 0. The van der Waals surface area contributed by atoms with E-state index in [9.17, 15) is 29.7 Å². The number of carbonyl (C=O) groups excluding carboxylic acids is 3. The molecule has 0 heterocycles. The summed E-state index contributed by atoms with van der Waals surface area (Å²) in [6.45, 7) is 6.79. The fraction of sp³-hybridized carbons (Fsp3) is 0.850. The molecule has 0 saturated carbocycles. The van der Waals surface area contributed by atoms with Gasteiger partial charge in [0.25, 0.3) is 0 Å². The van der Waals surface area contributed by atoms with Crippen molar-refractivity contribution in [2.45, 2.75) is 329 Å². The largest absolute Gasteiger partial charge is 3.00 e. The number of hydrogen-bond donors (Lipinski definition) is 0. The molecule has 0 fully saturated rings. The van der Waals surface area contributed by atoms with Crippen LogP contribution in [0.5, 0.6) is 0 Å². The van der Waals surface area contributed by atoms with Crippen LogP contribution in [-0.4, -0.2) is 17.9 Å². The van der Waals surface area contributed by atoms with E-state index in [-0.39, 0.29) is 61.0 Å². The normalized spacial score (nSPS) is 11.1. The standard InChI is InChI=1S/3C20H38O2.Ce/c3*1-2-3-4-5-6-7-8-9-10-11-12-13-14-15-16-17-18-19-20(21)22;/h3*9-10H,2-8,11-19H2,1H3,(H,21,22);/q;;;+3/p-3/b3*10-9-;. The molecule has 0 unspecified atom stereocenters. The van der Waals surface area contributed by atoms with Crippen LogP contribution < -0.4 is 15.3 Å². The zero-order chi connectivity index (χ0) is 48.9. The maximum atomic E-state index is 10.2. The third kappa shape index (κ3) is 82.3. The van der Waals surface area contributed by atoms with Crippen molar-refractivity contribution < 1.29 is 71.5 Å². The second-order valence-corrected chi connectivity index (χ2v) is 19.2. The molecule has 0 aromatic heterocycles. The van der Waals surface area contributed by atoms with Gasteiger partial charge in [-0.2, -0.15) is 0 Å². The van der Waals surface area contributed by atoms with E-state index in [0.717, 1.165) is 38.5 Å². The predicted molar refractivity (Wildman–Crippen MR) is 281 cm³/mol. The Balaban J connectivity index is -0.000000441. The molecule has 0 bridgehead atoms. The molecule has 391 valence electrons. The quantitative estimate of drug-likeness (QED) is 0.0442. The van der Waals surface area contributed by atoms with E-state index < -0.39 is 17.9 Å². The average Bonchev–Trinajstić information content (AvgIpc) is 3.29. The van der Waals surface area contributed by atoms with Crippen molar-refractivity contribution in [3.63, 3.8) is 0 Å². The van der Waals surface area contributed by atoms with Gasteiger partial charge >= 0.3 is 41.7 Å². The summed E-state index contributed by atoms with van der Waals surface area (Å²) in [4.78, 5) is 30.7. The Morgan fingerprint density at radius 2 is 0.373 bits per heavy atom. The molecule has 0 rings (SSSR count). The number of carboxylic acids is 3. The van der Waals surface area contributed by atoms with E-state index in [4.69, 9.17) is 0 Å². The fourth-order valence-corrected chi connectivity index (χ4v) is 8.08. The van der Waals surface area contributed by atoms with Crippen molar-refractivity contribution in [2.75, 3.05) is 0 Å². The minimum absolute atomic E-state index is 0. The van der Waals surface area contributed by atoms with Crippen LogP contribution in [0.4, 0.5) is 0 Å². The molecule has 0 aromatic carbocycles. The first kappa shape index (κ1) is 72.5. The Morgan fingerprint density at radius 3 is 0.522 bits per heavy atom. The first-order chi connectivity index (χ1) is 32.3. The summed E-state index contributed by atoms with van der Waals surface area (Å²) in [7, 11) is 0. The molecule has 0 aliphatic rings. The number of rotatable bonds is 51. The van der Waals surface area contributed by atoms with Crippen LogP contribution in [0.1, 0.15) is 329 Å². The molecule has 67 heavy (non-hydrogen) atoms. The van der Waals surface area contributed by atoms with Gasteiger partial charge in [0.15, 0.2) is 0 Å². The summed E-state index contributed by atoms with van der Waals surface area (Å²) in [5.41, 5.74) is 0. The molecule has 0 aromatic rings. The minimum atomic E-state index is -0.909. The van der Waals surface area contributed by atoms with Gasteiger partial charge in [0, 0.05) is 17.9 Å². The van der Waals surface area contributed by atoms with Crippen LogP contribution in [0.3, 0.4) is 0 Å². The van der Waals surface area contributed by atoms with Gasteiger partial charge in [-0.1, -0.05) is 250 Å². The topological polar surface area (TPSA) is 120 Å². The Kier molecular flexibility index (Phi) is 75.0. The van der Waals surface area contributed by atoms with Gasteiger partial charge in [0.1, 0.15) is 0 Å². The van der Waals surface area contributed by atoms with E-state index in [1.54, 1.807) is 0 Å². The van der Waals surface area contributed by atoms with Crippen molar-refractivity contribution >= 4 is 17.9 Å². The van der Waals surface area contributed by atoms with Crippen LogP contribution in [0.15, 0.2) is 36.5 Å². The van der Waals surface area contributed by atoms with Gasteiger partial charge in [-0.25, -0.2) is 0 Å². The van der Waals surface area contributed by atoms with Gasteiger partial charge in [-0.05, 0) is 116 Å². The summed E-state index contributed by atoms with van der Waals surface area (Å²) >= 11 is 0. The Morgan fingerprint density at radius 1 is 0.239 bits per heavy atom. The molecule has 0 aliphatic carbocycles. The third-order valence-electron chi connectivity index (χ3n) is 12.4. The van der Waals surface area contributed by atoms with Crippen LogP contribution in [0.2, 0.25) is 0 Å². The monoisotopic (exact) mass is 1070 g/mol. The molecule has 7 heteroatoms. The molecule has 0 N–H and O–H groups in total. The van der Waals surface area contributed by atoms with Crippen LogP contribution in [0.25, 0.3) is 0 Å². The Hall–Kier alpha value is -0.993. The fourth-order valence-electron chi connectivity index (χ4n) is 8.08. The first-order valence-electron chi connectivity index (χ1n) is 28.9. The van der Waals surface area contributed by atoms with Crippen molar-refractivity contribution in [3.8, 4) is 0 Å². The van der Waals surface area contributed by atoms with Crippen molar-refractivity contribution in [2.24, 2.45) is 0 Å². The smallest absolute Gasteiger partial charge is 0.550 e. The van der Waals surface area contributed by atoms with E-state index in [1.165, 1.54) is 250 Å². The maximum absolute atomic E-state index is 10.2. The molecular weight excluding hydrogens is 957 g/mol. The van der Waals surface area contributed by atoms with Gasteiger partial charge in [-0.3, -0.25) is 0 Å². The number of unbranched alkanes of at least 4 members (excludes halogenated alkanes) is 39. The van der Waals surface area contributed by atoms with Crippen molar-refractivity contribution in [1.82, 2.24) is 0 Å². The zero-order valence-corrected chi connectivity index (χ0v) is 48.0. The van der Waals surface area contributed by atoms with Crippen LogP contribution in [0, 0.1) is 41.7 Å². The number of carboxylic acid groups (broad SMARTS) is 3. The summed E-state index contributed by atoms with van der Waals surface area (Å²) in [5, 5.41) is 30.7. The number of hydrogen-bond acceptors (Lipinski definition) is 6. The molecule has 6 nitrogen and oxygen atoms in total. The van der Waals surface area contributed by atoms with E-state index in [2.05, 4.69) is 57.2 Å². The van der Waals surface area contributed by atoms with Gasteiger partial charge in [0.2, 0.25) is 0 Å². The van der Waals surface area contributed by atoms with Gasteiger partial charge < -0.3 is 29.7 Å². The summed E-state index contributed by atoms with van der Waals surface area (Å²) in [5.74, 6) is -2.73. The third-order valence-corrected chi connectivity index (χ3v) is 12.4. The number of carbonyl (C=O) groups is 3. The SMILES string of the molecule is CCCCCCCC/C=C\CCCCCCCCCC(=O)[O-].CCCCCCCC/C=C\CCCCCCCCCC(=O)[O-].CCCCCCCC/C=C\CCCCCCCCCC(=O)[O-].[Ce+3]. The Bertz CT molecular complexity index is 911. The number of allylic oxidation sites excluding steroid dienone is 6. The average molecular weight is 1070 g/mol. The molecule has 0 saturated heterocycles. The second-order valence-electron chi connectivity index (χ2n) is 19.2. The molecule has 0 aliphatic heterocycles. The minimum Gasteiger partial charge on any atom is -0.550 e. The van der Waals surface area contributed by atoms with E-state index in [1.807, 2.05) is 0 Å².